The number of fused-ring (bicyclic) bond motifs is 1. The van der Waals surface area contributed by atoms with Gasteiger partial charge < -0.3 is 22.2 Å². The second kappa shape index (κ2) is 6.81. The fraction of sp³-hybridized carbons (Fsp3) is 0.231. The number of nitrogens with one attached hydrogen (secondary N) is 1. The fourth-order valence-electron chi connectivity index (χ4n) is 2.05. The largest absolute Gasteiger partial charge is 0.370 e. The van der Waals surface area contributed by atoms with Gasteiger partial charge >= 0.3 is 0 Å². The molecule has 0 spiro atoms. The maximum Gasteiger partial charge on any atom is 0.218 e. The Labute approximate surface area is 123 Å². The fourth-order valence-corrected chi connectivity index (χ4v) is 2.05. The van der Waals surface area contributed by atoms with Gasteiger partial charge in [-0.05, 0) is 25.0 Å². The van der Waals surface area contributed by atoms with Gasteiger partial charge in [0.15, 0.2) is 5.96 Å². The highest BCUT2D eigenvalue weighted by Gasteiger charge is 2.07. The van der Waals surface area contributed by atoms with Crippen LogP contribution in [0.5, 0.6) is 0 Å². The van der Waals surface area contributed by atoms with Crippen molar-refractivity contribution in [3.05, 3.63) is 36.0 Å². The molecule has 0 radical (unpaired) electrons. The molecule has 6 nitrogen and oxygen atoms in total. The molecule has 7 N–H and O–H groups in total. The molecular weight excluding hydrogens is 276 g/mol. The Morgan fingerprint density at radius 1 is 1.25 bits per heavy atom. The molecule has 20 heavy (non-hydrogen) atoms. The molecule has 1 aromatic heterocycles. The van der Waals surface area contributed by atoms with Crippen molar-refractivity contribution in [3.8, 4) is 0 Å². The summed E-state index contributed by atoms with van der Waals surface area (Å²) in [7, 11) is 0. The number of H-pyrrole nitrogens is 1. The van der Waals surface area contributed by atoms with E-state index in [4.69, 9.17) is 17.2 Å². The van der Waals surface area contributed by atoms with Crippen LogP contribution in [0, 0.1) is 0 Å². The number of halogens is 1. The van der Waals surface area contributed by atoms with Gasteiger partial charge in [-0.25, -0.2) is 4.99 Å². The Bertz CT molecular complexity index is 627. The van der Waals surface area contributed by atoms with Crippen molar-refractivity contribution in [1.82, 2.24) is 4.98 Å². The van der Waals surface area contributed by atoms with Gasteiger partial charge in [0.2, 0.25) is 5.96 Å². The number of nitrogens with two attached hydrogens (primary N) is 3. The third-order valence-electron chi connectivity index (χ3n) is 2.79. The van der Waals surface area contributed by atoms with Crippen LogP contribution in [0.2, 0.25) is 0 Å². The Kier molecular flexibility index (Phi) is 5.40. The van der Waals surface area contributed by atoms with Crippen LogP contribution in [0.1, 0.15) is 12.5 Å². The quantitative estimate of drug-likeness (QED) is 0.501. The summed E-state index contributed by atoms with van der Waals surface area (Å²) in [5.74, 6) is 0.0212. The second-order valence-corrected chi connectivity index (χ2v) is 4.44. The normalized spacial score (nSPS) is 12.8. The van der Waals surface area contributed by atoms with Crippen LogP contribution in [-0.2, 0) is 6.42 Å². The predicted octanol–water partition coefficient (Wildman–Crippen LogP) is 1.11. The predicted molar refractivity (Wildman–Crippen MR) is 86.1 cm³/mol. The van der Waals surface area contributed by atoms with E-state index in [1.165, 1.54) is 10.9 Å². The van der Waals surface area contributed by atoms with Gasteiger partial charge in [0.25, 0.3) is 0 Å². The summed E-state index contributed by atoms with van der Waals surface area (Å²) in [5, 5.41) is 1.20. The summed E-state index contributed by atoms with van der Waals surface area (Å²) in [6.45, 7) is 1.97. The average molecular weight is 295 g/mol. The summed E-state index contributed by atoms with van der Waals surface area (Å²) in [6, 6.07) is 8.14. The number of aromatic nitrogens is 1. The van der Waals surface area contributed by atoms with Gasteiger partial charge in [-0.15, -0.1) is 12.4 Å². The first-order chi connectivity index (χ1) is 9.06. The minimum Gasteiger partial charge on any atom is -0.370 e. The van der Waals surface area contributed by atoms with Crippen molar-refractivity contribution < 1.29 is 0 Å². The maximum absolute atomic E-state index is 5.61. The van der Waals surface area contributed by atoms with Gasteiger partial charge in [0, 0.05) is 17.1 Å². The molecule has 2 aromatic rings. The molecule has 0 saturated heterocycles. The number of hydrogen-bond acceptors (Lipinski definition) is 1. The average Bonchev–Trinajstić information content (AvgIpc) is 2.71. The van der Waals surface area contributed by atoms with E-state index >= 15 is 0 Å². The molecule has 0 aliphatic rings. The molecule has 7 heteroatoms. The molecule has 108 valence electrons. The zero-order valence-corrected chi connectivity index (χ0v) is 12.0. The van der Waals surface area contributed by atoms with Crippen LogP contribution >= 0.6 is 12.4 Å². The van der Waals surface area contributed by atoms with E-state index in [0.29, 0.717) is 0 Å². The van der Waals surface area contributed by atoms with Crippen molar-refractivity contribution >= 4 is 35.2 Å². The van der Waals surface area contributed by atoms with Crippen LogP contribution in [0.25, 0.3) is 10.9 Å². The molecule has 0 amide bonds. The van der Waals surface area contributed by atoms with E-state index in [0.717, 1.165) is 11.9 Å². The summed E-state index contributed by atoms with van der Waals surface area (Å²) in [4.78, 5) is 11.2. The molecule has 0 bridgehead atoms. The molecule has 0 aliphatic heterocycles. The number of benzene rings is 1. The third kappa shape index (κ3) is 3.89. The van der Waals surface area contributed by atoms with Gasteiger partial charge in [-0.2, -0.15) is 4.99 Å². The lowest BCUT2D eigenvalue weighted by molar-refractivity contribution is 0.741. The Hall–Kier alpha value is -2.21. The molecule has 1 heterocycles. The van der Waals surface area contributed by atoms with Gasteiger partial charge in [-0.1, -0.05) is 18.2 Å². The first-order valence-electron chi connectivity index (χ1n) is 6.04. The molecule has 1 aromatic carbocycles. The lowest BCUT2D eigenvalue weighted by Gasteiger charge is -2.05. The van der Waals surface area contributed by atoms with Crippen molar-refractivity contribution in [2.24, 2.45) is 27.2 Å². The highest BCUT2D eigenvalue weighted by Crippen LogP contribution is 2.19. The van der Waals surface area contributed by atoms with Gasteiger partial charge in [0.1, 0.15) is 0 Å². The van der Waals surface area contributed by atoms with E-state index in [2.05, 4.69) is 21.0 Å². The summed E-state index contributed by atoms with van der Waals surface area (Å²) in [6.07, 6.45) is 2.76. The molecular formula is C13H19ClN6. The standard InChI is InChI=1S/C13H18N6.ClH/c1-8(18-13(16)19-12(14)15)6-9-7-17-11-5-3-2-4-10(9)11;/h2-5,7-8,17H,6H2,1H3,(H6,14,15,16,18,19);1H. The molecule has 1 unspecified atom stereocenters. The zero-order valence-electron chi connectivity index (χ0n) is 11.2. The second-order valence-electron chi connectivity index (χ2n) is 4.44. The van der Waals surface area contributed by atoms with Gasteiger partial charge in [0.05, 0.1) is 6.04 Å². The van der Waals surface area contributed by atoms with E-state index in [1.807, 2.05) is 31.3 Å². The van der Waals surface area contributed by atoms with Crippen LogP contribution in [0.3, 0.4) is 0 Å². The minimum atomic E-state index is -0.0828. The molecule has 0 fully saturated rings. The number of nitrogens with zero attached hydrogens (tertiary/aromatic N) is 2. The van der Waals surface area contributed by atoms with E-state index < -0.39 is 0 Å². The number of para-hydroxylation sites is 1. The number of guanidine groups is 2. The van der Waals surface area contributed by atoms with Crippen molar-refractivity contribution in [3.63, 3.8) is 0 Å². The van der Waals surface area contributed by atoms with E-state index in [-0.39, 0.29) is 30.4 Å². The number of aromatic amines is 1. The monoisotopic (exact) mass is 294 g/mol. The number of aliphatic imine (C=N–C) groups is 2. The lowest BCUT2D eigenvalue weighted by Crippen LogP contribution is -2.27. The third-order valence-corrected chi connectivity index (χ3v) is 2.79. The number of hydrogen-bond donors (Lipinski definition) is 4. The first kappa shape index (κ1) is 15.8. The molecule has 2 rings (SSSR count). The lowest BCUT2D eigenvalue weighted by atomic mass is 10.1. The molecule has 1 atom stereocenters. The van der Waals surface area contributed by atoms with Crippen molar-refractivity contribution in [2.45, 2.75) is 19.4 Å². The smallest absolute Gasteiger partial charge is 0.218 e. The topological polar surface area (TPSA) is 119 Å². The van der Waals surface area contributed by atoms with Crippen LogP contribution in [-0.4, -0.2) is 22.9 Å². The summed E-state index contributed by atoms with van der Waals surface area (Å²) >= 11 is 0. The minimum absolute atomic E-state index is 0. The van der Waals surface area contributed by atoms with E-state index in [9.17, 15) is 0 Å². The maximum atomic E-state index is 5.61. The highest BCUT2D eigenvalue weighted by atomic mass is 35.5. The van der Waals surface area contributed by atoms with Crippen molar-refractivity contribution in [1.29, 1.82) is 0 Å². The Morgan fingerprint density at radius 3 is 2.65 bits per heavy atom. The van der Waals surface area contributed by atoms with Gasteiger partial charge in [-0.3, -0.25) is 0 Å². The van der Waals surface area contributed by atoms with Crippen LogP contribution < -0.4 is 17.2 Å². The Balaban J connectivity index is 0.00000200. The van der Waals surface area contributed by atoms with Crippen molar-refractivity contribution in [2.75, 3.05) is 0 Å². The highest BCUT2D eigenvalue weighted by molar-refractivity contribution is 5.92. The molecule has 0 aliphatic carbocycles. The van der Waals surface area contributed by atoms with Crippen LogP contribution in [0.15, 0.2) is 40.4 Å². The number of rotatable bonds is 3. The van der Waals surface area contributed by atoms with Crippen LogP contribution in [0.4, 0.5) is 0 Å². The summed E-state index contributed by atoms with van der Waals surface area (Å²) in [5.41, 5.74) is 18.4. The SMILES string of the molecule is CC(Cc1c[nH]c2ccccc12)N=C(N)N=C(N)N.Cl. The summed E-state index contributed by atoms with van der Waals surface area (Å²) < 4.78 is 0. The zero-order chi connectivity index (χ0) is 13.8. The van der Waals surface area contributed by atoms with E-state index in [1.54, 1.807) is 0 Å². The Morgan fingerprint density at radius 2 is 1.95 bits per heavy atom. The molecule has 0 saturated carbocycles. The first-order valence-corrected chi connectivity index (χ1v) is 6.04.